The minimum atomic E-state index is -0.906. The largest absolute Gasteiger partial charge is 0.466 e. The van der Waals surface area contributed by atoms with Crippen molar-refractivity contribution in [2.45, 2.75) is 12.8 Å². The summed E-state index contributed by atoms with van der Waals surface area (Å²) in [5.41, 5.74) is 8.15. The summed E-state index contributed by atoms with van der Waals surface area (Å²) < 4.78 is 10.0. The van der Waals surface area contributed by atoms with E-state index in [4.69, 9.17) is 26.8 Å². The molecular formula is C23H20ClN3O4. The maximum Gasteiger partial charge on any atom is 0.355 e. The smallest absolute Gasteiger partial charge is 0.355 e. The van der Waals surface area contributed by atoms with Gasteiger partial charge in [-0.3, -0.25) is 4.90 Å². The van der Waals surface area contributed by atoms with E-state index in [1.54, 1.807) is 55.5 Å². The van der Waals surface area contributed by atoms with Gasteiger partial charge in [0.1, 0.15) is 11.5 Å². The van der Waals surface area contributed by atoms with Crippen LogP contribution in [0.25, 0.3) is 0 Å². The van der Waals surface area contributed by atoms with Gasteiger partial charge in [0.05, 0.1) is 43.0 Å². The predicted octanol–water partition coefficient (Wildman–Crippen LogP) is 3.55. The lowest BCUT2D eigenvalue weighted by molar-refractivity contribution is -0.139. The number of rotatable bonds is 4. The standard InChI is InChI=1S/C23H20ClN3O4/c1-13-11-15(24)9-10-17(13)27-20(23(29)31-3)19(22(28)30-2)18(16(12-25)21(27)26)14-7-5-4-6-8-14/h4-11,18H,26H2,1-3H3. The van der Waals surface area contributed by atoms with E-state index in [1.165, 1.54) is 19.1 Å². The molecule has 1 unspecified atom stereocenters. The Kier molecular flexibility index (Phi) is 6.33. The van der Waals surface area contributed by atoms with Crippen molar-refractivity contribution >= 4 is 29.2 Å². The van der Waals surface area contributed by atoms with E-state index in [2.05, 4.69) is 6.07 Å². The summed E-state index contributed by atoms with van der Waals surface area (Å²) >= 11 is 6.09. The zero-order valence-corrected chi connectivity index (χ0v) is 17.9. The highest BCUT2D eigenvalue weighted by atomic mass is 35.5. The number of carbonyl (C=O) groups is 2. The van der Waals surface area contributed by atoms with Crippen molar-refractivity contribution in [3.05, 3.63) is 87.3 Å². The number of hydrogen-bond acceptors (Lipinski definition) is 7. The lowest BCUT2D eigenvalue weighted by Crippen LogP contribution is -2.41. The Morgan fingerprint density at radius 2 is 1.74 bits per heavy atom. The van der Waals surface area contributed by atoms with Gasteiger partial charge in [0, 0.05) is 5.02 Å². The summed E-state index contributed by atoms with van der Waals surface area (Å²) in [5.74, 6) is -2.46. The van der Waals surface area contributed by atoms with E-state index in [-0.39, 0.29) is 22.7 Å². The maximum atomic E-state index is 13.0. The van der Waals surface area contributed by atoms with Gasteiger partial charge in [0.2, 0.25) is 0 Å². The number of hydrogen-bond donors (Lipinski definition) is 1. The predicted molar refractivity (Wildman–Crippen MR) is 116 cm³/mol. The van der Waals surface area contributed by atoms with Crippen LogP contribution in [0.3, 0.4) is 0 Å². The number of aryl methyl sites for hydroxylation is 1. The Hall–Kier alpha value is -3.76. The van der Waals surface area contributed by atoms with Gasteiger partial charge in [-0.25, -0.2) is 9.59 Å². The topological polar surface area (TPSA) is 106 Å². The van der Waals surface area contributed by atoms with Crippen LogP contribution >= 0.6 is 11.6 Å². The molecule has 31 heavy (non-hydrogen) atoms. The quantitative estimate of drug-likeness (QED) is 0.729. The second-order valence-electron chi connectivity index (χ2n) is 6.77. The van der Waals surface area contributed by atoms with Crippen molar-refractivity contribution in [2.24, 2.45) is 5.73 Å². The van der Waals surface area contributed by atoms with Crippen LogP contribution in [-0.4, -0.2) is 26.2 Å². The molecule has 0 saturated heterocycles. The molecule has 2 aromatic rings. The molecule has 3 rings (SSSR count). The van der Waals surface area contributed by atoms with E-state index < -0.39 is 17.9 Å². The van der Waals surface area contributed by atoms with Gasteiger partial charge in [-0.1, -0.05) is 41.9 Å². The molecule has 0 saturated carbocycles. The molecule has 8 heteroatoms. The number of anilines is 1. The van der Waals surface area contributed by atoms with Crippen molar-refractivity contribution in [3.63, 3.8) is 0 Å². The molecule has 0 aromatic heterocycles. The molecule has 1 heterocycles. The highest BCUT2D eigenvalue weighted by molar-refractivity contribution is 6.30. The minimum Gasteiger partial charge on any atom is -0.466 e. The molecule has 0 fully saturated rings. The molecule has 0 bridgehead atoms. The molecular weight excluding hydrogens is 418 g/mol. The summed E-state index contributed by atoms with van der Waals surface area (Å²) in [6, 6.07) is 15.9. The Balaban J connectivity index is 2.43. The summed E-state index contributed by atoms with van der Waals surface area (Å²) in [7, 11) is 2.41. The number of carbonyl (C=O) groups excluding carboxylic acids is 2. The molecule has 2 N–H and O–H groups in total. The summed E-state index contributed by atoms with van der Waals surface area (Å²) in [4.78, 5) is 27.3. The van der Waals surface area contributed by atoms with Crippen LogP contribution in [0.2, 0.25) is 5.02 Å². The lowest BCUT2D eigenvalue weighted by atomic mass is 9.81. The van der Waals surface area contributed by atoms with E-state index in [9.17, 15) is 14.9 Å². The third kappa shape index (κ3) is 3.86. The fourth-order valence-electron chi connectivity index (χ4n) is 3.63. The molecule has 0 amide bonds. The van der Waals surface area contributed by atoms with E-state index >= 15 is 0 Å². The van der Waals surface area contributed by atoms with Gasteiger partial charge in [0.25, 0.3) is 0 Å². The average molecular weight is 438 g/mol. The van der Waals surface area contributed by atoms with Crippen LogP contribution < -0.4 is 10.6 Å². The first-order valence-electron chi connectivity index (χ1n) is 9.27. The van der Waals surface area contributed by atoms with Crippen LogP contribution in [0.1, 0.15) is 17.0 Å². The molecule has 1 aliphatic rings. The maximum absolute atomic E-state index is 13.0. The van der Waals surface area contributed by atoms with Crippen LogP contribution in [0, 0.1) is 18.3 Å². The first-order valence-corrected chi connectivity index (χ1v) is 9.65. The molecule has 158 valence electrons. The zero-order valence-electron chi connectivity index (χ0n) is 17.2. The molecule has 0 aliphatic carbocycles. The molecule has 1 atom stereocenters. The van der Waals surface area contributed by atoms with Gasteiger partial charge in [-0.15, -0.1) is 0 Å². The van der Waals surface area contributed by atoms with Crippen molar-refractivity contribution in [1.29, 1.82) is 5.26 Å². The number of halogens is 1. The molecule has 7 nitrogen and oxygen atoms in total. The third-order valence-electron chi connectivity index (χ3n) is 5.01. The number of methoxy groups -OCH3 is 2. The van der Waals surface area contributed by atoms with Crippen molar-refractivity contribution in [3.8, 4) is 6.07 Å². The minimum absolute atomic E-state index is 0.00910. The Bertz CT molecular complexity index is 1150. The molecule has 1 aliphatic heterocycles. The zero-order chi connectivity index (χ0) is 22.7. The summed E-state index contributed by atoms with van der Waals surface area (Å²) in [6.07, 6.45) is 0. The number of nitrogens with two attached hydrogens (primary N) is 1. The highest BCUT2D eigenvalue weighted by Crippen LogP contribution is 2.43. The fraction of sp³-hybridized carbons (Fsp3) is 0.174. The molecule has 0 spiro atoms. The first kappa shape index (κ1) is 21.9. The van der Waals surface area contributed by atoms with E-state index in [0.29, 0.717) is 21.8 Å². The average Bonchev–Trinajstić information content (AvgIpc) is 2.78. The van der Waals surface area contributed by atoms with E-state index in [1.807, 2.05) is 0 Å². The second-order valence-corrected chi connectivity index (χ2v) is 7.20. The van der Waals surface area contributed by atoms with Gasteiger partial charge < -0.3 is 15.2 Å². The molecule has 0 radical (unpaired) electrons. The number of nitriles is 1. The van der Waals surface area contributed by atoms with Crippen LogP contribution in [0.15, 0.2) is 71.2 Å². The highest BCUT2D eigenvalue weighted by Gasteiger charge is 2.43. The van der Waals surface area contributed by atoms with Gasteiger partial charge in [-0.2, -0.15) is 5.26 Å². The second kappa shape index (κ2) is 8.94. The van der Waals surface area contributed by atoms with Crippen LogP contribution in [0.4, 0.5) is 5.69 Å². The number of esters is 2. The van der Waals surface area contributed by atoms with Gasteiger partial charge in [0.15, 0.2) is 0 Å². The van der Waals surface area contributed by atoms with Gasteiger partial charge in [-0.05, 0) is 36.2 Å². The van der Waals surface area contributed by atoms with Crippen molar-refractivity contribution < 1.29 is 19.1 Å². The number of allylic oxidation sites excluding steroid dienone is 1. The lowest BCUT2D eigenvalue weighted by Gasteiger charge is -2.36. The Morgan fingerprint density at radius 3 is 2.29 bits per heavy atom. The number of nitrogens with zero attached hydrogens (tertiary/aromatic N) is 2. The third-order valence-corrected chi connectivity index (χ3v) is 5.25. The number of benzene rings is 2. The van der Waals surface area contributed by atoms with E-state index in [0.717, 1.165) is 0 Å². The van der Waals surface area contributed by atoms with Crippen molar-refractivity contribution in [2.75, 3.05) is 19.1 Å². The molecule has 2 aromatic carbocycles. The fourth-order valence-corrected chi connectivity index (χ4v) is 3.86. The summed E-state index contributed by atoms with van der Waals surface area (Å²) in [6.45, 7) is 1.77. The first-order chi connectivity index (χ1) is 14.8. The Labute approximate surface area is 184 Å². The number of ether oxygens (including phenoxy) is 2. The van der Waals surface area contributed by atoms with Crippen molar-refractivity contribution in [1.82, 2.24) is 0 Å². The van der Waals surface area contributed by atoms with Gasteiger partial charge >= 0.3 is 11.9 Å². The normalized spacial score (nSPS) is 16.1. The monoisotopic (exact) mass is 437 g/mol. The summed E-state index contributed by atoms with van der Waals surface area (Å²) in [5, 5.41) is 10.5. The SMILES string of the molecule is COC(=O)C1=C(C(=O)OC)N(c2ccc(Cl)cc2C)C(N)=C(C#N)C1c1ccccc1. The van der Waals surface area contributed by atoms with Crippen LogP contribution in [0.5, 0.6) is 0 Å². The Morgan fingerprint density at radius 1 is 1.10 bits per heavy atom. The van der Waals surface area contributed by atoms with Crippen LogP contribution in [-0.2, 0) is 19.1 Å².